The third-order valence-corrected chi connectivity index (χ3v) is 4.80. The van der Waals surface area contributed by atoms with Crippen LogP contribution in [0.3, 0.4) is 0 Å². The van der Waals surface area contributed by atoms with Crippen LogP contribution in [-0.2, 0) is 19.1 Å². The van der Waals surface area contributed by atoms with Crippen molar-refractivity contribution < 1.29 is 33.8 Å². The highest BCUT2D eigenvalue weighted by Crippen LogP contribution is 2.35. The fraction of sp³-hybridized carbons (Fsp3) is 0.250. The fourth-order valence-corrected chi connectivity index (χ4v) is 3.41. The number of imide groups is 1. The highest BCUT2D eigenvalue weighted by atomic mass is 32.2. The molecule has 0 aromatic heterocycles. The number of amides is 2. The standard InChI is InChI=1S/C16H13NO7S/c1-23-16(22)13(12(19)10-6-7-11(18)24-10)25-17-14(20)8-4-2-3-5-9(8)15(17)21/h2-5,10,19H,6-7H2,1H3/b13-12+/t10-/m1/s1. The second kappa shape index (κ2) is 6.60. The zero-order valence-corrected chi connectivity index (χ0v) is 13.9. The molecule has 3 rings (SSSR count). The van der Waals surface area contributed by atoms with Crippen LogP contribution in [0.4, 0.5) is 0 Å². The molecule has 0 saturated carbocycles. The maximum absolute atomic E-state index is 12.4. The summed E-state index contributed by atoms with van der Waals surface area (Å²) in [5.41, 5.74) is 0.409. The second-order valence-electron chi connectivity index (χ2n) is 5.26. The van der Waals surface area contributed by atoms with Crippen molar-refractivity contribution in [3.63, 3.8) is 0 Å². The summed E-state index contributed by atoms with van der Waals surface area (Å²) in [4.78, 5) is 47.6. The zero-order valence-electron chi connectivity index (χ0n) is 13.1. The molecule has 130 valence electrons. The van der Waals surface area contributed by atoms with Gasteiger partial charge < -0.3 is 14.6 Å². The van der Waals surface area contributed by atoms with E-state index in [0.29, 0.717) is 11.9 Å². The third kappa shape index (κ3) is 2.98. The van der Waals surface area contributed by atoms with Gasteiger partial charge in [0.1, 0.15) is 0 Å². The van der Waals surface area contributed by atoms with Gasteiger partial charge in [0, 0.05) is 24.8 Å². The van der Waals surface area contributed by atoms with E-state index in [-0.39, 0.29) is 28.9 Å². The van der Waals surface area contributed by atoms with Crippen molar-refractivity contribution in [3.8, 4) is 0 Å². The van der Waals surface area contributed by atoms with Gasteiger partial charge in [0.25, 0.3) is 11.8 Å². The number of aliphatic hydroxyl groups is 1. The average molecular weight is 363 g/mol. The van der Waals surface area contributed by atoms with E-state index in [4.69, 9.17) is 4.74 Å². The lowest BCUT2D eigenvalue weighted by atomic mass is 10.1. The number of cyclic esters (lactones) is 1. The molecular formula is C16H13NO7S. The molecule has 0 radical (unpaired) electrons. The third-order valence-electron chi connectivity index (χ3n) is 3.73. The van der Waals surface area contributed by atoms with Crippen molar-refractivity contribution in [2.75, 3.05) is 7.11 Å². The summed E-state index contributed by atoms with van der Waals surface area (Å²) in [6, 6.07) is 6.22. The molecule has 2 aliphatic heterocycles. The zero-order chi connectivity index (χ0) is 18.1. The molecule has 1 atom stereocenters. The number of carbonyl (C=O) groups is 4. The molecule has 2 amide bonds. The van der Waals surface area contributed by atoms with Gasteiger partial charge in [-0.25, -0.2) is 9.10 Å². The van der Waals surface area contributed by atoms with E-state index >= 15 is 0 Å². The lowest BCUT2D eigenvalue weighted by Gasteiger charge is -2.17. The highest BCUT2D eigenvalue weighted by Gasteiger charge is 2.40. The number of fused-ring (bicyclic) bond motifs is 1. The smallest absolute Gasteiger partial charge is 0.349 e. The molecule has 1 N–H and O–H groups in total. The molecule has 2 aliphatic rings. The van der Waals surface area contributed by atoms with Gasteiger partial charge in [-0.1, -0.05) is 12.1 Å². The van der Waals surface area contributed by atoms with Crippen LogP contribution >= 0.6 is 11.9 Å². The first-order valence-corrected chi connectivity index (χ1v) is 8.08. The lowest BCUT2D eigenvalue weighted by molar-refractivity contribution is -0.142. The van der Waals surface area contributed by atoms with Gasteiger partial charge in [-0.15, -0.1) is 0 Å². The van der Waals surface area contributed by atoms with Crippen LogP contribution in [0.15, 0.2) is 34.9 Å². The minimum atomic E-state index is -1.01. The Morgan fingerprint density at radius 1 is 1.24 bits per heavy atom. The minimum Gasteiger partial charge on any atom is -0.507 e. The molecule has 1 fully saturated rings. The van der Waals surface area contributed by atoms with E-state index in [1.165, 1.54) is 12.1 Å². The molecule has 9 heteroatoms. The molecular weight excluding hydrogens is 350 g/mol. The second-order valence-corrected chi connectivity index (χ2v) is 6.22. The van der Waals surface area contributed by atoms with Gasteiger partial charge in [0.05, 0.1) is 18.2 Å². The largest absolute Gasteiger partial charge is 0.507 e. The van der Waals surface area contributed by atoms with Crippen LogP contribution in [0.25, 0.3) is 0 Å². The summed E-state index contributed by atoms with van der Waals surface area (Å²) < 4.78 is 10.3. The maximum atomic E-state index is 12.4. The van der Waals surface area contributed by atoms with Crippen LogP contribution in [0.1, 0.15) is 33.6 Å². The fourth-order valence-electron chi connectivity index (χ4n) is 2.49. The SMILES string of the molecule is COC(=O)/C(SN1C(=O)c2ccccc2C1=O)=C(\O)[C@H]1CCC(=O)O1. The first-order valence-electron chi connectivity index (χ1n) is 7.30. The highest BCUT2D eigenvalue weighted by molar-refractivity contribution is 8.02. The number of rotatable bonds is 4. The number of ether oxygens (including phenoxy) is 2. The van der Waals surface area contributed by atoms with Crippen LogP contribution in [-0.4, -0.2) is 46.4 Å². The number of esters is 2. The summed E-state index contributed by atoms with van der Waals surface area (Å²) in [5, 5.41) is 10.3. The van der Waals surface area contributed by atoms with Crippen LogP contribution in [0.2, 0.25) is 0 Å². The lowest BCUT2D eigenvalue weighted by Crippen LogP contribution is -2.25. The molecule has 2 heterocycles. The Bertz CT molecular complexity index is 781. The quantitative estimate of drug-likeness (QED) is 0.282. The minimum absolute atomic E-state index is 0.0981. The van der Waals surface area contributed by atoms with Crippen molar-refractivity contribution in [1.29, 1.82) is 0 Å². The Labute approximate surface area is 146 Å². The summed E-state index contributed by atoms with van der Waals surface area (Å²) in [5.74, 6) is -3.21. The Morgan fingerprint density at radius 2 is 1.84 bits per heavy atom. The van der Waals surface area contributed by atoms with Crippen molar-refractivity contribution >= 4 is 35.7 Å². The van der Waals surface area contributed by atoms with Crippen LogP contribution in [0, 0.1) is 0 Å². The van der Waals surface area contributed by atoms with Gasteiger partial charge in [0.2, 0.25) is 0 Å². The average Bonchev–Trinajstić information content (AvgIpc) is 3.15. The summed E-state index contributed by atoms with van der Waals surface area (Å²) in [6.45, 7) is 0. The van der Waals surface area contributed by atoms with Gasteiger partial charge in [-0.05, 0) is 12.1 Å². The Balaban J connectivity index is 1.92. The normalized spacial score (nSPS) is 20.3. The predicted molar refractivity (Wildman–Crippen MR) is 85.3 cm³/mol. The molecule has 0 aliphatic carbocycles. The molecule has 0 bridgehead atoms. The Hall–Kier alpha value is -2.81. The molecule has 1 saturated heterocycles. The number of aliphatic hydroxyl groups excluding tert-OH is 1. The number of nitrogens with zero attached hydrogens (tertiary/aromatic N) is 1. The van der Waals surface area contributed by atoms with Crippen molar-refractivity contribution in [1.82, 2.24) is 4.31 Å². The van der Waals surface area contributed by atoms with E-state index in [0.717, 1.165) is 11.4 Å². The van der Waals surface area contributed by atoms with E-state index in [1.807, 2.05) is 0 Å². The molecule has 25 heavy (non-hydrogen) atoms. The summed E-state index contributed by atoms with van der Waals surface area (Å²) >= 11 is 0.452. The molecule has 0 unspecified atom stereocenters. The van der Waals surface area contributed by atoms with Gasteiger partial charge in [-0.2, -0.15) is 0 Å². The van der Waals surface area contributed by atoms with Crippen molar-refractivity contribution in [2.24, 2.45) is 0 Å². The molecule has 8 nitrogen and oxygen atoms in total. The monoisotopic (exact) mass is 363 g/mol. The van der Waals surface area contributed by atoms with Crippen molar-refractivity contribution in [3.05, 3.63) is 46.1 Å². The molecule has 0 spiro atoms. The number of hydrogen-bond donors (Lipinski definition) is 1. The molecule has 1 aromatic carbocycles. The number of carbonyl (C=O) groups excluding carboxylic acids is 4. The van der Waals surface area contributed by atoms with Gasteiger partial charge >= 0.3 is 11.9 Å². The topological polar surface area (TPSA) is 110 Å². The number of hydrogen-bond acceptors (Lipinski definition) is 8. The van der Waals surface area contributed by atoms with E-state index in [1.54, 1.807) is 12.1 Å². The number of benzene rings is 1. The first kappa shape index (κ1) is 17.0. The maximum Gasteiger partial charge on any atom is 0.349 e. The predicted octanol–water partition coefficient (Wildman–Crippen LogP) is 1.58. The van der Waals surface area contributed by atoms with Crippen molar-refractivity contribution in [2.45, 2.75) is 18.9 Å². The Kier molecular flexibility index (Phi) is 4.49. The van der Waals surface area contributed by atoms with E-state index < -0.39 is 35.6 Å². The Morgan fingerprint density at radius 3 is 2.32 bits per heavy atom. The van der Waals surface area contributed by atoms with E-state index in [9.17, 15) is 24.3 Å². The number of methoxy groups -OCH3 is 1. The summed E-state index contributed by atoms with van der Waals surface area (Å²) in [7, 11) is 1.10. The molecule has 1 aromatic rings. The first-order chi connectivity index (χ1) is 11.9. The van der Waals surface area contributed by atoms with Crippen LogP contribution < -0.4 is 0 Å². The van der Waals surface area contributed by atoms with E-state index in [2.05, 4.69) is 4.74 Å². The van der Waals surface area contributed by atoms with Crippen LogP contribution in [0.5, 0.6) is 0 Å². The summed E-state index contributed by atoms with van der Waals surface area (Å²) in [6.07, 6.45) is -0.724. The van der Waals surface area contributed by atoms with Gasteiger partial charge in [-0.3, -0.25) is 14.4 Å². The van der Waals surface area contributed by atoms with Gasteiger partial charge in [0.15, 0.2) is 16.8 Å².